The first kappa shape index (κ1) is 27.4. The Morgan fingerprint density at radius 2 is 1.68 bits per heavy atom. The van der Waals surface area contributed by atoms with Crippen molar-refractivity contribution in [2.75, 3.05) is 61.1 Å². The highest BCUT2D eigenvalue weighted by Gasteiger charge is 2.34. The number of piperidine rings is 2. The van der Waals surface area contributed by atoms with Crippen LogP contribution in [-0.2, 0) is 10.2 Å². The number of hydrogen-bond acceptors (Lipinski definition) is 6. The molecule has 3 fully saturated rings. The van der Waals surface area contributed by atoms with E-state index in [-0.39, 0.29) is 5.41 Å². The Morgan fingerprint density at radius 1 is 1.00 bits per heavy atom. The van der Waals surface area contributed by atoms with Crippen molar-refractivity contribution < 1.29 is 4.74 Å². The van der Waals surface area contributed by atoms with Crippen LogP contribution in [0.25, 0.3) is 0 Å². The van der Waals surface area contributed by atoms with Crippen LogP contribution in [-0.4, -0.2) is 61.0 Å². The number of benzene rings is 1. The molecule has 0 unspecified atom stereocenters. The van der Waals surface area contributed by atoms with Gasteiger partial charge in [-0.2, -0.15) is 9.97 Å². The molecule has 1 aromatic carbocycles. The van der Waals surface area contributed by atoms with Gasteiger partial charge in [-0.1, -0.05) is 37.6 Å². The molecule has 206 valence electrons. The quantitative estimate of drug-likeness (QED) is 0.443. The maximum absolute atomic E-state index is 6.17. The Labute approximate surface area is 237 Å². The third-order valence-electron chi connectivity index (χ3n) is 8.51. The molecular weight excluding hydrogens is 516 g/mol. The molecule has 1 atom stereocenters. The summed E-state index contributed by atoms with van der Waals surface area (Å²) in [6.07, 6.45) is 6.72. The highest BCUT2D eigenvalue weighted by molar-refractivity contribution is 7.80. The van der Waals surface area contributed by atoms with Crippen LogP contribution in [0.5, 0.6) is 0 Å². The van der Waals surface area contributed by atoms with E-state index >= 15 is 0 Å². The number of hydrogen-bond donors (Lipinski definition) is 2. The Morgan fingerprint density at radius 3 is 2.37 bits per heavy atom. The van der Waals surface area contributed by atoms with E-state index in [1.807, 2.05) is 12.1 Å². The number of anilines is 3. The minimum absolute atomic E-state index is 0.0587. The van der Waals surface area contributed by atoms with Crippen molar-refractivity contribution in [2.45, 2.75) is 57.8 Å². The first-order chi connectivity index (χ1) is 18.4. The fourth-order valence-corrected chi connectivity index (χ4v) is 6.25. The number of nitrogens with zero attached hydrogens (tertiary/aromatic N) is 4. The van der Waals surface area contributed by atoms with Crippen LogP contribution in [0.4, 0.5) is 17.6 Å². The second-order valence-corrected chi connectivity index (χ2v) is 12.3. The number of rotatable bonds is 6. The van der Waals surface area contributed by atoms with Crippen LogP contribution < -0.4 is 20.4 Å². The molecule has 9 heteroatoms. The van der Waals surface area contributed by atoms with Crippen molar-refractivity contribution in [3.63, 3.8) is 0 Å². The average molecular weight is 557 g/mol. The number of nitrogens with one attached hydrogen (secondary N) is 2. The lowest BCUT2D eigenvalue weighted by Crippen LogP contribution is -2.45. The first-order valence-corrected chi connectivity index (χ1v) is 15.0. The van der Waals surface area contributed by atoms with Gasteiger partial charge in [-0.3, -0.25) is 0 Å². The average Bonchev–Trinajstić information content (AvgIpc) is 2.93. The van der Waals surface area contributed by atoms with Crippen LogP contribution >= 0.6 is 23.8 Å². The van der Waals surface area contributed by atoms with Gasteiger partial charge in [0, 0.05) is 62.4 Å². The fraction of sp³-hybridized carbons (Fsp3) is 0.621. The molecule has 3 aliphatic rings. The molecule has 2 N–H and O–H groups in total. The second-order valence-electron chi connectivity index (χ2n) is 11.5. The summed E-state index contributed by atoms with van der Waals surface area (Å²) in [5, 5.41) is 8.12. The summed E-state index contributed by atoms with van der Waals surface area (Å²) in [7, 11) is 0. The normalized spacial score (nSPS) is 22.2. The standard InChI is InChI=1S/C29H41ClN6OS/c1-21-9-14-35(15-10-21)25-18-26(36-13-3-4-22(2)19-36)33-27(32-25)34-28(38)31-20-29(11-16-37-17-12-29)23-5-7-24(30)8-6-23/h5-8,18,21-22H,3-4,9-17,19-20H2,1-2H3,(H2,31,32,33,34,38)/t22-/m1/s1. The smallest absolute Gasteiger partial charge is 0.232 e. The monoisotopic (exact) mass is 556 g/mol. The van der Waals surface area contributed by atoms with Crippen molar-refractivity contribution in [1.82, 2.24) is 15.3 Å². The number of aromatic nitrogens is 2. The molecule has 5 rings (SSSR count). The minimum atomic E-state index is -0.0587. The van der Waals surface area contributed by atoms with Gasteiger partial charge in [-0.15, -0.1) is 0 Å². The molecule has 7 nitrogen and oxygen atoms in total. The van der Waals surface area contributed by atoms with Gasteiger partial charge in [0.2, 0.25) is 5.95 Å². The largest absolute Gasteiger partial charge is 0.381 e. The SMILES string of the molecule is CC1CCN(c2cc(N3CCC[C@@H](C)C3)nc(NC(=S)NCC3(c4ccc(Cl)cc4)CCOCC3)n2)CC1. The van der Waals surface area contributed by atoms with Crippen molar-refractivity contribution in [2.24, 2.45) is 11.8 Å². The maximum atomic E-state index is 6.17. The molecule has 0 amide bonds. The van der Waals surface area contributed by atoms with Crippen molar-refractivity contribution in [3.8, 4) is 0 Å². The van der Waals surface area contributed by atoms with E-state index in [4.69, 9.17) is 38.5 Å². The molecule has 0 spiro atoms. The minimum Gasteiger partial charge on any atom is -0.381 e. The lowest BCUT2D eigenvalue weighted by atomic mass is 9.74. The predicted molar refractivity (Wildman–Crippen MR) is 161 cm³/mol. The summed E-state index contributed by atoms with van der Waals surface area (Å²) in [5.74, 6) is 3.99. The van der Waals surface area contributed by atoms with Gasteiger partial charge in [0.25, 0.3) is 0 Å². The zero-order valence-corrected chi connectivity index (χ0v) is 24.3. The summed E-state index contributed by atoms with van der Waals surface area (Å²) in [6, 6.07) is 10.4. The second kappa shape index (κ2) is 12.3. The van der Waals surface area contributed by atoms with Crippen LogP contribution in [0.1, 0.15) is 57.9 Å². The highest BCUT2D eigenvalue weighted by atomic mass is 35.5. The van der Waals surface area contributed by atoms with E-state index in [0.717, 1.165) is 74.8 Å². The van der Waals surface area contributed by atoms with Gasteiger partial charge < -0.3 is 25.2 Å². The third kappa shape index (κ3) is 6.69. The molecule has 0 saturated carbocycles. The van der Waals surface area contributed by atoms with Crippen LogP contribution in [0.15, 0.2) is 30.3 Å². The summed E-state index contributed by atoms with van der Waals surface area (Å²) in [4.78, 5) is 14.7. The van der Waals surface area contributed by atoms with Crippen LogP contribution in [0, 0.1) is 11.8 Å². The van der Waals surface area contributed by atoms with Gasteiger partial charge in [-0.05, 0) is 80.3 Å². The molecule has 0 bridgehead atoms. The summed E-state index contributed by atoms with van der Waals surface area (Å²) in [6.45, 7) is 11.0. The van der Waals surface area contributed by atoms with E-state index in [9.17, 15) is 0 Å². The van der Waals surface area contributed by atoms with Gasteiger partial charge in [-0.25, -0.2) is 0 Å². The molecule has 0 aliphatic carbocycles. The van der Waals surface area contributed by atoms with E-state index in [2.05, 4.69) is 52.5 Å². The highest BCUT2D eigenvalue weighted by Crippen LogP contribution is 2.35. The first-order valence-electron chi connectivity index (χ1n) is 14.2. The van der Waals surface area contributed by atoms with Gasteiger partial charge in [0.15, 0.2) is 5.11 Å². The molecule has 2 aromatic rings. The van der Waals surface area contributed by atoms with Gasteiger partial charge in [0.05, 0.1) is 0 Å². The Bertz CT molecular complexity index is 1080. The lowest BCUT2D eigenvalue weighted by Gasteiger charge is -2.38. The number of ether oxygens (including phenoxy) is 1. The Balaban J connectivity index is 1.32. The lowest BCUT2D eigenvalue weighted by molar-refractivity contribution is 0.0515. The number of halogens is 1. The van der Waals surface area contributed by atoms with E-state index in [0.29, 0.717) is 23.5 Å². The fourth-order valence-electron chi connectivity index (χ4n) is 5.97. The van der Waals surface area contributed by atoms with Crippen molar-refractivity contribution in [1.29, 1.82) is 0 Å². The molecule has 3 aliphatic heterocycles. The topological polar surface area (TPSA) is 65.5 Å². The molecule has 4 heterocycles. The number of thiocarbonyl (C=S) groups is 1. The van der Waals surface area contributed by atoms with Crippen molar-refractivity contribution in [3.05, 3.63) is 40.9 Å². The maximum Gasteiger partial charge on any atom is 0.232 e. The molecule has 1 aromatic heterocycles. The summed E-state index contributed by atoms with van der Waals surface area (Å²) in [5.41, 5.74) is 1.20. The van der Waals surface area contributed by atoms with Crippen molar-refractivity contribution >= 4 is 46.5 Å². The van der Waals surface area contributed by atoms with Gasteiger partial charge >= 0.3 is 0 Å². The third-order valence-corrected chi connectivity index (χ3v) is 9.01. The molecule has 0 radical (unpaired) electrons. The van der Waals surface area contributed by atoms with Crippen LogP contribution in [0.2, 0.25) is 5.02 Å². The molecule has 38 heavy (non-hydrogen) atoms. The van der Waals surface area contributed by atoms with E-state index in [1.165, 1.54) is 31.2 Å². The zero-order chi connectivity index (χ0) is 26.5. The van der Waals surface area contributed by atoms with E-state index in [1.54, 1.807) is 0 Å². The summed E-state index contributed by atoms with van der Waals surface area (Å²) < 4.78 is 5.70. The Hall–Kier alpha value is -2.16. The molecule has 3 saturated heterocycles. The van der Waals surface area contributed by atoms with E-state index < -0.39 is 0 Å². The Kier molecular flexibility index (Phi) is 8.91. The zero-order valence-electron chi connectivity index (χ0n) is 22.7. The predicted octanol–water partition coefficient (Wildman–Crippen LogP) is 5.64. The molecular formula is C29H41ClN6OS. The van der Waals surface area contributed by atoms with Crippen LogP contribution in [0.3, 0.4) is 0 Å². The summed E-state index contributed by atoms with van der Waals surface area (Å²) >= 11 is 12.0. The van der Waals surface area contributed by atoms with Gasteiger partial charge in [0.1, 0.15) is 11.6 Å².